The summed E-state index contributed by atoms with van der Waals surface area (Å²) in [6.07, 6.45) is 2.15. The number of halogens is 1. The van der Waals surface area contributed by atoms with E-state index in [-0.39, 0.29) is 12.2 Å². The molecule has 0 atom stereocenters. The molecule has 2 heterocycles. The van der Waals surface area contributed by atoms with Gasteiger partial charge in [0.1, 0.15) is 5.69 Å². The van der Waals surface area contributed by atoms with Gasteiger partial charge >= 0.3 is 0 Å². The minimum atomic E-state index is -0.441. The van der Waals surface area contributed by atoms with Crippen molar-refractivity contribution >= 4 is 17.4 Å². The van der Waals surface area contributed by atoms with Crippen LogP contribution in [0.4, 0.5) is 0 Å². The van der Waals surface area contributed by atoms with Gasteiger partial charge in [0.15, 0.2) is 12.1 Å². The maximum atomic E-state index is 12.1. The van der Waals surface area contributed by atoms with Crippen molar-refractivity contribution in [3.8, 4) is 0 Å². The summed E-state index contributed by atoms with van der Waals surface area (Å²) in [7, 11) is 0. The topological polar surface area (TPSA) is 53.4 Å². The van der Waals surface area contributed by atoms with E-state index in [0.717, 1.165) is 6.42 Å². The molecule has 17 heavy (non-hydrogen) atoms. The monoisotopic (exact) mass is 258 g/mol. The van der Waals surface area contributed by atoms with Gasteiger partial charge in [0.25, 0.3) is 0 Å². The van der Waals surface area contributed by atoms with Crippen LogP contribution in [-0.2, 0) is 16.0 Å². The number of carbonyl (C=O) groups excluding carboxylic acids is 1. The zero-order valence-electron chi connectivity index (χ0n) is 9.69. The molecular weight excluding hydrogens is 244 g/mol. The average molecular weight is 259 g/mol. The van der Waals surface area contributed by atoms with Crippen molar-refractivity contribution in [3.05, 3.63) is 16.9 Å². The van der Waals surface area contributed by atoms with E-state index in [1.807, 2.05) is 6.92 Å². The van der Waals surface area contributed by atoms with Crippen LogP contribution in [0.5, 0.6) is 0 Å². The Morgan fingerprint density at radius 3 is 2.94 bits per heavy atom. The zero-order chi connectivity index (χ0) is 12.3. The Kier molecular flexibility index (Phi) is 4.15. The quantitative estimate of drug-likeness (QED) is 0.757. The van der Waals surface area contributed by atoms with Gasteiger partial charge in [0.05, 0.1) is 30.9 Å². The Hall–Kier alpha value is -0.910. The van der Waals surface area contributed by atoms with E-state index < -0.39 is 6.29 Å². The summed E-state index contributed by atoms with van der Waals surface area (Å²) in [4.78, 5) is 12.1. The Bertz CT molecular complexity index is 399. The minimum Gasteiger partial charge on any atom is -0.350 e. The van der Waals surface area contributed by atoms with Crippen molar-refractivity contribution in [1.82, 2.24) is 9.78 Å². The largest absolute Gasteiger partial charge is 0.350 e. The first-order chi connectivity index (χ1) is 8.22. The lowest BCUT2D eigenvalue weighted by molar-refractivity contribution is -0.0409. The molecule has 0 unspecified atom stereocenters. The smallest absolute Gasteiger partial charge is 0.187 e. The third kappa shape index (κ3) is 2.86. The molecule has 6 heteroatoms. The van der Waals surface area contributed by atoms with Crippen LogP contribution in [0.1, 0.15) is 30.3 Å². The molecule has 1 aliphatic heterocycles. The number of ether oxygens (including phenoxy) is 2. The van der Waals surface area contributed by atoms with E-state index in [9.17, 15) is 4.79 Å². The summed E-state index contributed by atoms with van der Waals surface area (Å²) in [6, 6.07) is 0. The Morgan fingerprint density at radius 2 is 2.29 bits per heavy atom. The molecule has 0 spiro atoms. The molecule has 2 rings (SSSR count). The summed E-state index contributed by atoms with van der Waals surface area (Å²) < 4.78 is 12.1. The van der Waals surface area contributed by atoms with Gasteiger partial charge in [-0.25, -0.2) is 0 Å². The lowest BCUT2D eigenvalue weighted by atomic mass is 10.2. The first kappa shape index (κ1) is 12.5. The molecule has 0 amide bonds. The van der Waals surface area contributed by atoms with Crippen molar-refractivity contribution in [2.75, 3.05) is 13.2 Å². The molecule has 94 valence electrons. The molecule has 5 nitrogen and oxygen atoms in total. The summed E-state index contributed by atoms with van der Waals surface area (Å²) >= 11 is 5.98. The molecular formula is C11H15ClN2O3. The molecule has 0 aromatic carbocycles. The molecule has 0 aliphatic carbocycles. The summed E-state index contributed by atoms with van der Waals surface area (Å²) in [6.45, 7) is 3.78. The molecule has 1 saturated heterocycles. The number of ketones is 1. The van der Waals surface area contributed by atoms with Crippen LogP contribution in [0.2, 0.25) is 5.02 Å². The Morgan fingerprint density at radius 1 is 1.59 bits per heavy atom. The molecule has 0 radical (unpaired) electrons. The highest BCUT2D eigenvalue weighted by atomic mass is 35.5. The fourth-order valence-electron chi connectivity index (χ4n) is 1.79. The predicted octanol–water partition coefficient (Wildman–Crippen LogP) is 1.89. The van der Waals surface area contributed by atoms with Crippen molar-refractivity contribution in [1.29, 1.82) is 0 Å². The van der Waals surface area contributed by atoms with Crippen LogP contribution in [0.25, 0.3) is 0 Å². The van der Waals surface area contributed by atoms with Crippen LogP contribution >= 0.6 is 11.6 Å². The van der Waals surface area contributed by atoms with Gasteiger partial charge in [0.2, 0.25) is 0 Å². The summed E-state index contributed by atoms with van der Waals surface area (Å²) in [5.74, 6) is -0.0900. The molecule has 1 aromatic heterocycles. The van der Waals surface area contributed by atoms with Gasteiger partial charge < -0.3 is 9.47 Å². The van der Waals surface area contributed by atoms with E-state index in [1.165, 1.54) is 6.20 Å². The summed E-state index contributed by atoms with van der Waals surface area (Å²) in [5.41, 5.74) is 0.451. The Labute approximate surface area is 105 Å². The number of hydrogen-bond acceptors (Lipinski definition) is 4. The lowest BCUT2D eigenvalue weighted by Gasteiger charge is -2.09. The first-order valence-corrected chi connectivity index (χ1v) is 6.08. The van der Waals surface area contributed by atoms with E-state index in [1.54, 1.807) is 4.68 Å². The van der Waals surface area contributed by atoms with E-state index >= 15 is 0 Å². The van der Waals surface area contributed by atoms with Crippen molar-refractivity contribution in [3.63, 3.8) is 0 Å². The van der Waals surface area contributed by atoms with E-state index in [4.69, 9.17) is 21.1 Å². The summed E-state index contributed by atoms with van der Waals surface area (Å²) in [5, 5.41) is 4.47. The second-order valence-electron chi connectivity index (χ2n) is 3.86. The molecule has 0 bridgehead atoms. The normalized spacial score (nSPS) is 16.6. The highest BCUT2D eigenvalue weighted by Gasteiger charge is 2.24. The average Bonchev–Trinajstić information content (AvgIpc) is 2.89. The van der Waals surface area contributed by atoms with Crippen LogP contribution in [0, 0.1) is 0 Å². The standard InChI is InChI=1S/C11H15ClN2O3/c1-2-3-14-11(8(12)7-13-14)9(15)6-10-16-4-5-17-10/h7,10H,2-6H2,1H3. The third-order valence-electron chi connectivity index (χ3n) is 2.54. The van der Waals surface area contributed by atoms with E-state index in [2.05, 4.69) is 5.10 Å². The van der Waals surface area contributed by atoms with Crippen LogP contribution in [0.3, 0.4) is 0 Å². The molecule has 1 aromatic rings. The highest BCUT2D eigenvalue weighted by molar-refractivity contribution is 6.33. The molecule has 0 N–H and O–H groups in total. The number of Topliss-reactive ketones (excluding diaryl/α,β-unsaturated/α-hetero) is 1. The van der Waals surface area contributed by atoms with Crippen LogP contribution in [-0.4, -0.2) is 35.1 Å². The minimum absolute atomic E-state index is 0.0900. The van der Waals surface area contributed by atoms with E-state index in [0.29, 0.717) is 30.5 Å². The maximum absolute atomic E-state index is 12.1. The van der Waals surface area contributed by atoms with Crippen molar-refractivity contribution in [2.45, 2.75) is 32.6 Å². The number of carbonyl (C=O) groups is 1. The fraction of sp³-hybridized carbons (Fsp3) is 0.636. The van der Waals surface area contributed by atoms with Crippen molar-refractivity contribution in [2.24, 2.45) is 0 Å². The zero-order valence-corrected chi connectivity index (χ0v) is 10.4. The van der Waals surface area contributed by atoms with Crippen LogP contribution < -0.4 is 0 Å². The number of aromatic nitrogens is 2. The third-order valence-corrected chi connectivity index (χ3v) is 2.81. The second kappa shape index (κ2) is 5.62. The first-order valence-electron chi connectivity index (χ1n) is 5.70. The molecule has 0 saturated carbocycles. The molecule has 1 fully saturated rings. The molecule has 1 aliphatic rings. The Balaban J connectivity index is 2.09. The fourth-order valence-corrected chi connectivity index (χ4v) is 2.04. The van der Waals surface area contributed by atoms with Crippen LogP contribution in [0.15, 0.2) is 6.20 Å². The number of hydrogen-bond donors (Lipinski definition) is 0. The van der Waals surface area contributed by atoms with Gasteiger partial charge in [0, 0.05) is 6.54 Å². The van der Waals surface area contributed by atoms with Gasteiger partial charge in [-0.2, -0.15) is 5.10 Å². The maximum Gasteiger partial charge on any atom is 0.187 e. The SMILES string of the molecule is CCCn1ncc(Cl)c1C(=O)CC1OCCO1. The van der Waals surface area contributed by atoms with Crippen molar-refractivity contribution < 1.29 is 14.3 Å². The highest BCUT2D eigenvalue weighted by Crippen LogP contribution is 2.20. The number of nitrogens with zero attached hydrogens (tertiary/aromatic N) is 2. The van der Waals surface area contributed by atoms with Gasteiger partial charge in [-0.1, -0.05) is 18.5 Å². The van der Waals surface area contributed by atoms with Gasteiger partial charge in [-0.05, 0) is 6.42 Å². The number of rotatable bonds is 5. The lowest BCUT2D eigenvalue weighted by Crippen LogP contribution is -2.18. The predicted molar refractivity (Wildman–Crippen MR) is 62.2 cm³/mol. The van der Waals surface area contributed by atoms with Gasteiger partial charge in [-0.3, -0.25) is 9.48 Å². The second-order valence-corrected chi connectivity index (χ2v) is 4.27. The van der Waals surface area contributed by atoms with Gasteiger partial charge in [-0.15, -0.1) is 0 Å². The number of aryl methyl sites for hydroxylation is 1.